The summed E-state index contributed by atoms with van der Waals surface area (Å²) in [6.45, 7) is 19.2. The molecule has 37 heavy (non-hydrogen) atoms. The van der Waals surface area contributed by atoms with Crippen molar-refractivity contribution in [1.82, 2.24) is 0 Å². The Hall–Kier alpha value is -2.41. The van der Waals surface area contributed by atoms with Crippen LogP contribution < -0.4 is 3.87 Å². The first-order chi connectivity index (χ1) is 17.4. The maximum absolute atomic E-state index is 2.51. The predicted molar refractivity (Wildman–Crippen MR) is 156 cm³/mol. The molecular weight excluding hydrogens is 480 g/mol. The van der Waals surface area contributed by atoms with Crippen LogP contribution in [0.3, 0.4) is 0 Å². The third kappa shape index (κ3) is 5.04. The second-order valence-corrected chi connectivity index (χ2v) is 13.1. The molecule has 4 aromatic carbocycles. The van der Waals surface area contributed by atoms with Crippen LogP contribution in [-0.2, 0) is 36.7 Å². The Labute approximate surface area is 237 Å². The van der Waals surface area contributed by atoms with Gasteiger partial charge in [-0.1, -0.05) is 0 Å². The molecule has 0 aliphatic heterocycles. The topological polar surface area (TPSA) is 0 Å². The van der Waals surface area contributed by atoms with Gasteiger partial charge in [0.05, 0.1) is 0 Å². The van der Waals surface area contributed by atoms with Gasteiger partial charge in [-0.15, -0.1) is 0 Å². The van der Waals surface area contributed by atoms with Gasteiger partial charge in [0.15, 0.2) is 0 Å². The molecule has 0 saturated heterocycles. The first-order valence-electron chi connectivity index (χ1n) is 13.5. The molecule has 0 amide bonds. The van der Waals surface area contributed by atoms with E-state index in [1.54, 1.807) is 0 Å². The van der Waals surface area contributed by atoms with Gasteiger partial charge in [0.2, 0.25) is 0 Å². The summed E-state index contributed by atoms with van der Waals surface area (Å²) in [5, 5.41) is 0. The SMILES string of the molecule is CC(C)c1[c]([Ti])cc(C(C)(C)c2ccccc2)c(C(C)(C)c2ccccc2)c1C(C)(C)c1ccccc1. The predicted octanol–water partition coefficient (Wildman–Crippen LogP) is 8.96. The Balaban J connectivity index is 2.21. The van der Waals surface area contributed by atoms with Crippen molar-refractivity contribution < 1.29 is 20.4 Å². The van der Waals surface area contributed by atoms with Gasteiger partial charge in [-0.2, -0.15) is 0 Å². The van der Waals surface area contributed by atoms with Gasteiger partial charge in [0.25, 0.3) is 0 Å². The molecule has 0 spiro atoms. The average Bonchev–Trinajstić information content (AvgIpc) is 2.89. The number of benzene rings is 4. The van der Waals surface area contributed by atoms with Crippen molar-refractivity contribution in [2.24, 2.45) is 0 Å². The van der Waals surface area contributed by atoms with Gasteiger partial charge in [-0.25, -0.2) is 0 Å². The Morgan fingerprint density at radius 2 is 0.865 bits per heavy atom. The standard InChI is InChI=1S/C36H41.Ti/c1-26(2)30-24-25-31(34(3,4)27-18-12-9-13-19-27)33(36(7,8)29-22-16-11-17-23-29)32(30)35(5,6)28-20-14-10-15-21-28;/h9-23,25-26H,1-8H3;. The Morgan fingerprint density at radius 3 is 1.24 bits per heavy atom. The molecule has 0 bridgehead atoms. The van der Waals surface area contributed by atoms with Crippen LogP contribution >= 0.6 is 0 Å². The van der Waals surface area contributed by atoms with Crippen LogP contribution in [0.15, 0.2) is 97.1 Å². The summed E-state index contributed by atoms with van der Waals surface area (Å²) in [6.07, 6.45) is 0. The second-order valence-electron chi connectivity index (χ2n) is 12.3. The van der Waals surface area contributed by atoms with Crippen LogP contribution in [-0.4, -0.2) is 0 Å². The van der Waals surface area contributed by atoms with E-state index in [1.807, 2.05) is 0 Å². The summed E-state index contributed by atoms with van der Waals surface area (Å²) in [5.41, 5.74) is 9.40. The number of hydrogen-bond acceptors (Lipinski definition) is 0. The van der Waals surface area contributed by atoms with Crippen LogP contribution in [0.1, 0.15) is 100 Å². The van der Waals surface area contributed by atoms with Crippen LogP contribution in [0.4, 0.5) is 0 Å². The molecule has 0 atom stereocenters. The zero-order valence-corrected chi connectivity index (χ0v) is 25.4. The summed E-state index contributed by atoms with van der Waals surface area (Å²) in [6, 6.07) is 35.7. The van der Waals surface area contributed by atoms with Gasteiger partial charge in [0.1, 0.15) is 0 Å². The van der Waals surface area contributed by atoms with Crippen LogP contribution in [0.5, 0.6) is 0 Å². The molecule has 0 saturated carbocycles. The van der Waals surface area contributed by atoms with Crippen molar-refractivity contribution in [3.8, 4) is 0 Å². The molecule has 0 radical (unpaired) electrons. The van der Waals surface area contributed by atoms with E-state index in [9.17, 15) is 0 Å². The zero-order valence-electron chi connectivity index (χ0n) is 23.8. The van der Waals surface area contributed by atoms with Crippen molar-refractivity contribution in [2.45, 2.75) is 77.6 Å². The Morgan fingerprint density at radius 1 is 0.514 bits per heavy atom. The summed E-state index contributed by atoms with van der Waals surface area (Å²) >= 11 is 2.32. The molecule has 189 valence electrons. The zero-order chi connectivity index (χ0) is 27.0. The molecule has 0 fully saturated rings. The van der Waals surface area contributed by atoms with E-state index < -0.39 is 0 Å². The average molecular weight is 522 g/mol. The molecule has 4 aromatic rings. The van der Waals surface area contributed by atoms with Gasteiger partial charge in [0, 0.05) is 0 Å². The van der Waals surface area contributed by atoms with E-state index in [2.05, 4.69) is 173 Å². The third-order valence-electron chi connectivity index (χ3n) is 8.35. The monoisotopic (exact) mass is 521 g/mol. The van der Waals surface area contributed by atoms with Gasteiger partial charge in [-0.05, 0) is 0 Å². The van der Waals surface area contributed by atoms with Crippen molar-refractivity contribution in [1.29, 1.82) is 0 Å². The van der Waals surface area contributed by atoms with E-state index in [-0.39, 0.29) is 16.2 Å². The molecule has 0 heterocycles. The normalized spacial score (nSPS) is 12.6. The molecule has 0 aliphatic carbocycles. The van der Waals surface area contributed by atoms with Gasteiger partial charge >= 0.3 is 238 Å². The maximum atomic E-state index is 2.51. The first kappa shape index (κ1) is 27.6. The van der Waals surface area contributed by atoms with E-state index in [0.29, 0.717) is 5.92 Å². The van der Waals surface area contributed by atoms with Gasteiger partial charge < -0.3 is 0 Å². The van der Waals surface area contributed by atoms with Crippen LogP contribution in [0, 0.1) is 0 Å². The molecule has 0 N–H and O–H groups in total. The number of hydrogen-bond donors (Lipinski definition) is 0. The third-order valence-corrected chi connectivity index (χ3v) is 9.00. The minimum absolute atomic E-state index is 0.162. The fraction of sp³-hybridized carbons (Fsp3) is 0.333. The van der Waals surface area contributed by atoms with Crippen LogP contribution in [0.25, 0.3) is 0 Å². The molecule has 0 unspecified atom stereocenters. The van der Waals surface area contributed by atoms with Gasteiger partial charge in [-0.3, -0.25) is 0 Å². The molecule has 0 aliphatic rings. The summed E-state index contributed by atoms with van der Waals surface area (Å²) in [7, 11) is 0. The summed E-state index contributed by atoms with van der Waals surface area (Å²) in [4.78, 5) is 0. The van der Waals surface area contributed by atoms with E-state index in [1.165, 1.54) is 42.8 Å². The van der Waals surface area contributed by atoms with E-state index in [0.717, 1.165) is 0 Å². The van der Waals surface area contributed by atoms with Crippen molar-refractivity contribution in [3.05, 3.63) is 136 Å². The second kappa shape index (κ2) is 10.4. The molecule has 0 aromatic heterocycles. The quantitative estimate of drug-likeness (QED) is 0.213. The molecule has 1 heteroatoms. The Kier molecular flexibility index (Phi) is 7.76. The van der Waals surface area contributed by atoms with Crippen LogP contribution in [0.2, 0.25) is 0 Å². The van der Waals surface area contributed by atoms with Crippen molar-refractivity contribution in [3.63, 3.8) is 0 Å². The fourth-order valence-electron chi connectivity index (χ4n) is 6.10. The minimum atomic E-state index is -0.193. The van der Waals surface area contributed by atoms with Crippen molar-refractivity contribution >= 4 is 3.87 Å². The molecular formula is C36H41Ti. The fourth-order valence-corrected chi connectivity index (χ4v) is 6.97. The Bertz CT molecular complexity index is 1340. The van der Waals surface area contributed by atoms with E-state index >= 15 is 0 Å². The summed E-state index contributed by atoms with van der Waals surface area (Å²) < 4.78 is 1.39. The van der Waals surface area contributed by atoms with E-state index in [4.69, 9.17) is 0 Å². The molecule has 0 nitrogen and oxygen atoms in total. The number of rotatable bonds is 7. The first-order valence-corrected chi connectivity index (χ1v) is 14.3. The summed E-state index contributed by atoms with van der Waals surface area (Å²) in [5.74, 6) is 0.414. The molecule has 4 rings (SSSR count). The van der Waals surface area contributed by atoms with Crippen molar-refractivity contribution in [2.75, 3.05) is 0 Å².